The Balaban J connectivity index is 1.52. The highest BCUT2D eigenvalue weighted by molar-refractivity contribution is 5.91. The fourth-order valence-electron chi connectivity index (χ4n) is 3.55. The Kier molecular flexibility index (Phi) is 6.82. The van der Waals surface area contributed by atoms with Gasteiger partial charge in [-0.2, -0.15) is 0 Å². The minimum Gasteiger partial charge on any atom is -0.497 e. The molecule has 1 heterocycles. The van der Waals surface area contributed by atoms with Crippen LogP contribution in [0.4, 0.5) is 10.5 Å². The number of piperidine rings is 1. The van der Waals surface area contributed by atoms with Gasteiger partial charge in [0.1, 0.15) is 11.5 Å². The molecule has 1 aliphatic heterocycles. The van der Waals surface area contributed by atoms with Gasteiger partial charge in [-0.15, -0.1) is 0 Å². The lowest BCUT2D eigenvalue weighted by molar-refractivity contribution is -0.132. The maximum absolute atomic E-state index is 12.8. The fourth-order valence-corrected chi connectivity index (χ4v) is 3.55. The van der Waals surface area contributed by atoms with Gasteiger partial charge in [-0.1, -0.05) is 31.2 Å². The van der Waals surface area contributed by atoms with Crippen LogP contribution >= 0.6 is 0 Å². The van der Waals surface area contributed by atoms with Crippen molar-refractivity contribution in [2.75, 3.05) is 32.6 Å². The average Bonchev–Trinajstić information content (AvgIpc) is 2.78. The van der Waals surface area contributed by atoms with Crippen LogP contribution in [0.1, 0.15) is 25.3 Å². The van der Waals surface area contributed by atoms with Crippen LogP contribution in [0.2, 0.25) is 0 Å². The molecule has 2 aromatic carbocycles. The number of rotatable bonds is 6. The number of carbonyl (C=O) groups excluding carboxylic acids is 2. The molecule has 0 saturated carbocycles. The highest BCUT2D eigenvalue weighted by atomic mass is 16.5. The molecule has 0 bridgehead atoms. The summed E-state index contributed by atoms with van der Waals surface area (Å²) < 4.78 is 10.5. The molecule has 3 rings (SSSR count). The van der Waals surface area contributed by atoms with Gasteiger partial charge in [0.15, 0.2) is 0 Å². The summed E-state index contributed by atoms with van der Waals surface area (Å²) in [6.07, 6.45) is 1.21. The van der Waals surface area contributed by atoms with Crippen molar-refractivity contribution in [3.8, 4) is 11.5 Å². The lowest BCUT2D eigenvalue weighted by Gasteiger charge is -2.38. The van der Waals surface area contributed by atoms with Gasteiger partial charge >= 0.3 is 6.03 Å². The van der Waals surface area contributed by atoms with Gasteiger partial charge in [0.2, 0.25) is 5.91 Å². The molecule has 0 atom stereocenters. The van der Waals surface area contributed by atoms with Crippen molar-refractivity contribution in [2.45, 2.75) is 26.3 Å². The van der Waals surface area contributed by atoms with Crippen LogP contribution < -0.4 is 20.1 Å². The molecule has 0 unspecified atom stereocenters. The monoisotopic (exact) mass is 411 g/mol. The first-order chi connectivity index (χ1) is 14.4. The number of urea groups is 1. The second kappa shape index (κ2) is 9.52. The molecule has 3 amide bonds. The molecule has 30 heavy (non-hydrogen) atoms. The van der Waals surface area contributed by atoms with Gasteiger partial charge in [-0.25, -0.2) is 4.79 Å². The van der Waals surface area contributed by atoms with E-state index in [-0.39, 0.29) is 11.9 Å². The number of amides is 3. The zero-order chi connectivity index (χ0) is 21.6. The minimum absolute atomic E-state index is 0.00936. The lowest BCUT2D eigenvalue weighted by atomic mass is 9.79. The third kappa shape index (κ3) is 5.03. The first-order valence-corrected chi connectivity index (χ1v) is 10.1. The maximum Gasteiger partial charge on any atom is 0.321 e. The van der Waals surface area contributed by atoms with E-state index >= 15 is 0 Å². The van der Waals surface area contributed by atoms with E-state index in [9.17, 15) is 9.59 Å². The molecule has 0 spiro atoms. The van der Waals surface area contributed by atoms with Crippen LogP contribution in [0.15, 0.2) is 48.5 Å². The van der Waals surface area contributed by atoms with Gasteiger partial charge in [0, 0.05) is 25.0 Å². The van der Waals surface area contributed by atoms with E-state index in [1.165, 1.54) is 0 Å². The average molecular weight is 412 g/mol. The number of methoxy groups -OCH3 is 2. The number of hydrogen-bond acceptors (Lipinski definition) is 4. The standard InChI is InChI=1S/C23H29N3O4/c1-23(21(27)24-16-17-7-6-8-18(15-17)29-2)11-13-26(14-12-23)22(28)25-19-9-4-5-10-20(19)30-3/h4-10,15H,11-14,16H2,1-3H3,(H,24,27)(H,25,28). The van der Waals surface area contributed by atoms with E-state index in [1.807, 2.05) is 43.3 Å². The summed E-state index contributed by atoms with van der Waals surface area (Å²) in [5.74, 6) is 1.39. The van der Waals surface area contributed by atoms with Gasteiger partial charge in [-0.05, 0) is 42.7 Å². The highest BCUT2D eigenvalue weighted by Crippen LogP contribution is 2.32. The van der Waals surface area contributed by atoms with Crippen LogP contribution in [-0.4, -0.2) is 44.1 Å². The third-order valence-corrected chi connectivity index (χ3v) is 5.64. The van der Waals surface area contributed by atoms with E-state index < -0.39 is 5.41 Å². The zero-order valence-corrected chi connectivity index (χ0v) is 17.7. The van der Waals surface area contributed by atoms with Gasteiger partial charge in [-0.3, -0.25) is 4.79 Å². The first kappa shape index (κ1) is 21.5. The predicted octanol–water partition coefficient (Wildman–Crippen LogP) is 3.65. The number of para-hydroxylation sites is 2. The van der Waals surface area contributed by atoms with Crippen LogP contribution in [0.5, 0.6) is 11.5 Å². The van der Waals surface area contributed by atoms with Crippen molar-refractivity contribution in [1.82, 2.24) is 10.2 Å². The topological polar surface area (TPSA) is 79.9 Å². The smallest absolute Gasteiger partial charge is 0.321 e. The van der Waals surface area contributed by atoms with Crippen molar-refractivity contribution >= 4 is 17.6 Å². The maximum atomic E-state index is 12.8. The van der Waals surface area contributed by atoms with E-state index in [1.54, 1.807) is 31.3 Å². The summed E-state index contributed by atoms with van der Waals surface area (Å²) >= 11 is 0. The molecular formula is C23H29N3O4. The second-order valence-corrected chi connectivity index (χ2v) is 7.71. The van der Waals surface area contributed by atoms with Crippen molar-refractivity contribution in [3.63, 3.8) is 0 Å². The number of nitrogens with zero attached hydrogens (tertiary/aromatic N) is 1. The number of anilines is 1. The third-order valence-electron chi connectivity index (χ3n) is 5.64. The van der Waals surface area contributed by atoms with Crippen LogP contribution in [0, 0.1) is 5.41 Å². The molecule has 7 heteroatoms. The number of ether oxygens (including phenoxy) is 2. The van der Waals surface area contributed by atoms with Crippen LogP contribution in [0.3, 0.4) is 0 Å². The van der Waals surface area contributed by atoms with Gasteiger partial charge < -0.3 is 25.0 Å². The quantitative estimate of drug-likeness (QED) is 0.760. The summed E-state index contributed by atoms with van der Waals surface area (Å²) in [4.78, 5) is 27.2. The lowest BCUT2D eigenvalue weighted by Crippen LogP contribution is -2.49. The molecule has 2 aromatic rings. The summed E-state index contributed by atoms with van der Waals surface area (Å²) in [5.41, 5.74) is 1.12. The summed E-state index contributed by atoms with van der Waals surface area (Å²) in [5, 5.41) is 5.92. The molecule has 2 N–H and O–H groups in total. The predicted molar refractivity (Wildman–Crippen MR) is 116 cm³/mol. The molecule has 0 aromatic heterocycles. The molecule has 160 valence electrons. The van der Waals surface area contributed by atoms with Crippen molar-refractivity contribution in [1.29, 1.82) is 0 Å². The van der Waals surface area contributed by atoms with Crippen molar-refractivity contribution in [2.24, 2.45) is 5.41 Å². The molecule has 0 radical (unpaired) electrons. The Hall–Kier alpha value is -3.22. The molecule has 7 nitrogen and oxygen atoms in total. The molecule has 0 aliphatic carbocycles. The zero-order valence-electron chi connectivity index (χ0n) is 17.7. The van der Waals surface area contributed by atoms with E-state index in [0.717, 1.165) is 11.3 Å². The molecule has 1 fully saturated rings. The van der Waals surface area contributed by atoms with Gasteiger partial charge in [0.05, 0.1) is 19.9 Å². The fraction of sp³-hybridized carbons (Fsp3) is 0.391. The summed E-state index contributed by atoms with van der Waals surface area (Å²) in [7, 11) is 3.19. The normalized spacial score (nSPS) is 15.2. The van der Waals surface area contributed by atoms with Crippen molar-refractivity contribution < 1.29 is 19.1 Å². The minimum atomic E-state index is -0.500. The Bertz CT molecular complexity index is 892. The Labute approximate surface area is 177 Å². The van der Waals surface area contributed by atoms with Crippen molar-refractivity contribution in [3.05, 3.63) is 54.1 Å². The number of benzene rings is 2. The van der Waals surface area contributed by atoms with Gasteiger partial charge in [0.25, 0.3) is 0 Å². The summed E-state index contributed by atoms with van der Waals surface area (Å²) in [6, 6.07) is 14.8. The molecule has 1 aliphatic rings. The molecule has 1 saturated heterocycles. The van der Waals surface area contributed by atoms with Crippen LogP contribution in [0.25, 0.3) is 0 Å². The largest absolute Gasteiger partial charge is 0.497 e. The number of carbonyl (C=O) groups is 2. The van der Waals surface area contributed by atoms with Crippen LogP contribution in [-0.2, 0) is 11.3 Å². The number of hydrogen-bond donors (Lipinski definition) is 2. The Morgan fingerprint density at radius 2 is 1.77 bits per heavy atom. The Morgan fingerprint density at radius 1 is 1.03 bits per heavy atom. The highest BCUT2D eigenvalue weighted by Gasteiger charge is 2.38. The SMILES string of the molecule is COc1cccc(CNC(=O)C2(C)CCN(C(=O)Nc3ccccc3OC)CC2)c1. The van der Waals surface area contributed by atoms with E-state index in [2.05, 4.69) is 10.6 Å². The Morgan fingerprint density at radius 3 is 2.47 bits per heavy atom. The number of likely N-dealkylation sites (tertiary alicyclic amines) is 1. The summed E-state index contributed by atoms with van der Waals surface area (Å²) in [6.45, 7) is 3.45. The first-order valence-electron chi connectivity index (χ1n) is 10.1. The van der Waals surface area contributed by atoms with E-state index in [4.69, 9.17) is 9.47 Å². The molecular weight excluding hydrogens is 382 g/mol. The van der Waals surface area contributed by atoms with E-state index in [0.29, 0.717) is 43.9 Å². The second-order valence-electron chi connectivity index (χ2n) is 7.71. The number of nitrogens with one attached hydrogen (secondary N) is 2.